The fourth-order valence-corrected chi connectivity index (χ4v) is 14.6. The second-order valence-electron chi connectivity index (χ2n) is 23.1. The molecule has 29 atom stereocenters. The van der Waals surface area contributed by atoms with Gasteiger partial charge in [-0.3, -0.25) is 4.79 Å². The van der Waals surface area contributed by atoms with Crippen LogP contribution in [0.25, 0.3) is 0 Å². The Morgan fingerprint density at radius 1 is 0.658 bits per heavy atom. The second-order valence-corrected chi connectivity index (χ2v) is 23.1. The normalized spacial score (nSPS) is 52.5. The van der Waals surface area contributed by atoms with Crippen molar-refractivity contribution in [1.29, 1.82) is 0 Å². The predicted octanol–water partition coefficient (Wildman–Crippen LogP) is -3.19. The maximum Gasteiger partial charge on any atom is 0.187 e. The number of rotatable bonds is 15. The van der Waals surface area contributed by atoms with Gasteiger partial charge in [0.05, 0.1) is 44.9 Å². The smallest absolute Gasteiger partial charge is 0.187 e. The van der Waals surface area contributed by atoms with Gasteiger partial charge in [-0.25, -0.2) is 0 Å². The molecule has 0 bridgehead atoms. The molecular weight excluding hydrogens is 969 g/mol. The van der Waals surface area contributed by atoms with Crippen LogP contribution in [-0.2, 0) is 47.4 Å². The molecule has 5 heterocycles. The minimum atomic E-state index is -1.88. The molecule has 0 spiro atoms. The summed E-state index contributed by atoms with van der Waals surface area (Å²) in [6, 6.07) is 0. The highest BCUT2D eigenvalue weighted by Gasteiger charge is 2.68. The third kappa shape index (κ3) is 10.1. The number of aliphatic hydroxyl groups excluding tert-OH is 13. The quantitative estimate of drug-likeness (QED) is 0.0719. The first-order valence-electron chi connectivity index (χ1n) is 26.3. The number of fused-ring (bicyclic) bond motifs is 7. The van der Waals surface area contributed by atoms with Crippen molar-refractivity contribution in [2.24, 2.45) is 46.3 Å². The van der Waals surface area contributed by atoms with E-state index in [1.807, 2.05) is 6.92 Å². The molecule has 29 unspecified atom stereocenters. The molecule has 9 rings (SSSR count). The number of carbonyl (C=O) groups excluding carboxylic acids is 1. The third-order valence-electron chi connectivity index (χ3n) is 19.0. The first-order valence-corrected chi connectivity index (χ1v) is 26.3. The van der Waals surface area contributed by atoms with Crippen molar-refractivity contribution in [3.05, 3.63) is 11.3 Å². The van der Waals surface area contributed by atoms with Gasteiger partial charge in [-0.15, -0.1) is 0 Å². The highest BCUT2D eigenvalue weighted by atomic mass is 16.8. The van der Waals surface area contributed by atoms with Gasteiger partial charge in [0.1, 0.15) is 103 Å². The first-order chi connectivity index (χ1) is 34.7. The Morgan fingerprint density at radius 3 is 1.93 bits per heavy atom. The molecule has 9 aliphatic rings. The van der Waals surface area contributed by atoms with Gasteiger partial charge in [-0.2, -0.15) is 0 Å². The van der Waals surface area contributed by atoms with Crippen molar-refractivity contribution < 1.29 is 114 Å². The lowest BCUT2D eigenvalue weighted by molar-refractivity contribution is -0.392. The summed E-state index contributed by atoms with van der Waals surface area (Å²) in [5, 5.41) is 136. The molecule has 418 valence electrons. The molecule has 5 aliphatic heterocycles. The minimum Gasteiger partial charge on any atom is -0.494 e. The van der Waals surface area contributed by atoms with E-state index in [0.717, 1.165) is 30.6 Å². The van der Waals surface area contributed by atoms with E-state index in [1.54, 1.807) is 0 Å². The zero-order valence-electron chi connectivity index (χ0n) is 41.9. The average Bonchev–Trinajstić information content (AvgIpc) is 3.86. The van der Waals surface area contributed by atoms with Crippen LogP contribution in [0.3, 0.4) is 0 Å². The van der Waals surface area contributed by atoms with E-state index < -0.39 is 155 Å². The number of carbonyl (C=O) groups is 1. The second kappa shape index (κ2) is 22.2. The van der Waals surface area contributed by atoms with Gasteiger partial charge in [0.15, 0.2) is 25.2 Å². The Balaban J connectivity index is 0.861. The van der Waals surface area contributed by atoms with Crippen LogP contribution in [0.1, 0.15) is 85.5 Å². The Bertz CT molecular complexity index is 1930. The Hall–Kier alpha value is -1.63. The summed E-state index contributed by atoms with van der Waals surface area (Å²) >= 11 is 0. The summed E-state index contributed by atoms with van der Waals surface area (Å²) in [6.07, 6.45) is -24.0. The van der Waals surface area contributed by atoms with Gasteiger partial charge in [-0.1, -0.05) is 20.8 Å². The first kappa shape index (κ1) is 56.1. The summed E-state index contributed by atoms with van der Waals surface area (Å²) in [7, 11) is 0. The average molecular weight is 1050 g/mol. The van der Waals surface area contributed by atoms with Gasteiger partial charge in [-0.05, 0) is 92.4 Å². The van der Waals surface area contributed by atoms with Gasteiger partial charge in [0.2, 0.25) is 0 Å². The molecule has 4 aliphatic carbocycles. The lowest BCUT2D eigenvalue weighted by atomic mass is 9.44. The molecule has 23 heteroatoms. The van der Waals surface area contributed by atoms with Gasteiger partial charge in [0, 0.05) is 24.2 Å². The zero-order valence-corrected chi connectivity index (χ0v) is 41.9. The summed E-state index contributed by atoms with van der Waals surface area (Å²) < 4.78 is 54.4. The molecule has 0 aromatic carbocycles. The van der Waals surface area contributed by atoms with Crippen LogP contribution in [-0.4, -0.2) is 234 Å². The van der Waals surface area contributed by atoms with Crippen molar-refractivity contribution >= 4 is 5.78 Å². The SMILES string of the molecule is CC1=C(CCC(C)COC2OC(CO)C(O)C(O)C2O)OC2CC3C4CCC5CC(OC6OC(CO)C(O)C(OC7OCC(O)C(O)C7O)C6OC6OC(CO)C(O)C(O)C6O)CCC5(C)C4CC(=O)C3(C)C12. The zero-order chi connectivity index (χ0) is 52.6. The molecule has 4 saturated carbocycles. The number of hydrogen-bond acceptors (Lipinski definition) is 23. The maximum absolute atomic E-state index is 14.8. The monoisotopic (exact) mass is 1050 g/mol. The van der Waals surface area contributed by atoms with E-state index >= 15 is 0 Å². The van der Waals surface area contributed by atoms with E-state index in [0.29, 0.717) is 38.5 Å². The predicted molar refractivity (Wildman–Crippen MR) is 245 cm³/mol. The summed E-state index contributed by atoms with van der Waals surface area (Å²) in [4.78, 5) is 14.8. The highest BCUT2D eigenvalue weighted by molar-refractivity contribution is 5.87. The highest BCUT2D eigenvalue weighted by Crippen LogP contribution is 2.69. The van der Waals surface area contributed by atoms with Crippen LogP contribution in [0.4, 0.5) is 0 Å². The lowest BCUT2D eigenvalue weighted by Gasteiger charge is -2.60. The minimum absolute atomic E-state index is 0.00457. The number of ether oxygens (including phenoxy) is 9. The van der Waals surface area contributed by atoms with Crippen LogP contribution in [0.5, 0.6) is 0 Å². The third-order valence-corrected chi connectivity index (χ3v) is 19.0. The van der Waals surface area contributed by atoms with E-state index in [2.05, 4.69) is 20.8 Å². The van der Waals surface area contributed by atoms with Gasteiger partial charge < -0.3 is 109 Å². The summed E-state index contributed by atoms with van der Waals surface area (Å²) in [6.45, 7) is 6.22. The molecular formula is C50H80O23. The maximum atomic E-state index is 14.8. The number of ketones is 1. The fraction of sp³-hybridized carbons (Fsp3) is 0.940. The summed E-state index contributed by atoms with van der Waals surface area (Å²) in [5.41, 5.74) is 0.274. The molecule has 8 fully saturated rings. The molecule has 0 aromatic heterocycles. The van der Waals surface area contributed by atoms with Gasteiger partial charge in [0.25, 0.3) is 0 Å². The molecule has 0 aromatic rings. The van der Waals surface area contributed by atoms with E-state index in [-0.39, 0.29) is 59.4 Å². The van der Waals surface area contributed by atoms with Gasteiger partial charge >= 0.3 is 0 Å². The van der Waals surface area contributed by atoms with Crippen LogP contribution in [0.2, 0.25) is 0 Å². The largest absolute Gasteiger partial charge is 0.494 e. The molecule has 13 N–H and O–H groups in total. The number of Topliss-reactive ketones (excluding diaryl/α,β-unsaturated/α-hetero) is 1. The van der Waals surface area contributed by atoms with Crippen molar-refractivity contribution in [1.82, 2.24) is 0 Å². The van der Waals surface area contributed by atoms with Crippen LogP contribution in [0, 0.1) is 46.3 Å². The Labute approximate surface area is 423 Å². The molecule has 0 radical (unpaired) electrons. The van der Waals surface area contributed by atoms with E-state index in [1.165, 1.54) is 0 Å². The molecule has 4 saturated heterocycles. The Kier molecular flexibility index (Phi) is 17.1. The number of aliphatic hydroxyl groups is 13. The number of hydrogen-bond donors (Lipinski definition) is 13. The van der Waals surface area contributed by atoms with Crippen molar-refractivity contribution in [3.63, 3.8) is 0 Å². The van der Waals surface area contributed by atoms with Crippen molar-refractivity contribution in [2.45, 2.75) is 214 Å². The topological polar surface area (TPSA) is 363 Å². The van der Waals surface area contributed by atoms with Crippen molar-refractivity contribution in [2.75, 3.05) is 33.0 Å². The number of allylic oxidation sites excluding steroid dienone is 1. The Morgan fingerprint density at radius 2 is 1.26 bits per heavy atom. The van der Waals surface area contributed by atoms with Crippen LogP contribution >= 0.6 is 0 Å². The van der Waals surface area contributed by atoms with Crippen LogP contribution < -0.4 is 0 Å². The fourth-order valence-electron chi connectivity index (χ4n) is 14.6. The summed E-state index contributed by atoms with van der Waals surface area (Å²) in [5.74, 6) is 1.71. The van der Waals surface area contributed by atoms with E-state index in [4.69, 9.17) is 42.6 Å². The van der Waals surface area contributed by atoms with Crippen LogP contribution in [0.15, 0.2) is 11.3 Å². The van der Waals surface area contributed by atoms with Crippen molar-refractivity contribution in [3.8, 4) is 0 Å². The molecule has 73 heavy (non-hydrogen) atoms. The van der Waals surface area contributed by atoms with E-state index in [9.17, 15) is 71.2 Å². The molecule has 0 amide bonds. The molecule has 23 nitrogen and oxygen atoms in total. The lowest BCUT2D eigenvalue weighted by Crippen LogP contribution is -2.67. The standard InChI is InChI=1S/C50H80O23/c1-19(17-65-45-41(63)38(60)35(57)29(14-51)69-45)5-8-27-20(2)33-28(68-27)12-25-23-7-6-21-11-22(9-10-49(21,3)24(23)13-32(55)50(25,33)4)67-48-44(73-47-42(64)39(61)36(58)30(15-52)70-47)43(37(59)31(16-53)71-48)72-46-40(62)34(56)26(54)18-66-46/h19,21-26,28-31,33-48,51-54,56-64H,5-18H2,1-4H3.